The summed E-state index contributed by atoms with van der Waals surface area (Å²) in [5, 5.41) is 15.1. The second-order valence-electron chi connectivity index (χ2n) is 6.58. The molecule has 1 atom stereocenters. The predicted molar refractivity (Wildman–Crippen MR) is 105 cm³/mol. The zero-order chi connectivity index (χ0) is 17.8. The third kappa shape index (κ3) is 2.12. The Balaban J connectivity index is 1.87. The molecule has 0 saturated heterocycles. The number of para-hydroxylation sites is 1. The number of nitrogens with one attached hydrogen (secondary N) is 1. The number of nitrogens with zero attached hydrogens (tertiary/aromatic N) is 2. The van der Waals surface area contributed by atoms with Crippen molar-refractivity contribution in [3.8, 4) is 16.9 Å². The molecule has 4 aromatic rings. The quantitative estimate of drug-likeness (QED) is 0.495. The fourth-order valence-corrected chi connectivity index (χ4v) is 4.14. The van der Waals surface area contributed by atoms with Gasteiger partial charge in [-0.25, -0.2) is 4.98 Å². The van der Waals surface area contributed by atoms with Crippen LogP contribution in [0.25, 0.3) is 22.2 Å². The van der Waals surface area contributed by atoms with Gasteiger partial charge in [-0.05, 0) is 35.4 Å². The lowest BCUT2D eigenvalue weighted by Gasteiger charge is -2.21. The molecule has 1 unspecified atom stereocenters. The number of fused-ring (bicyclic) bond motifs is 2. The van der Waals surface area contributed by atoms with E-state index in [1.807, 2.05) is 36.0 Å². The van der Waals surface area contributed by atoms with Crippen LogP contribution in [0.2, 0.25) is 5.02 Å². The second kappa shape index (κ2) is 5.51. The highest BCUT2D eigenvalue weighted by molar-refractivity contribution is 6.31. The molecule has 0 saturated carbocycles. The number of aromatic nitrogens is 2. The number of phenols is 1. The first-order valence-corrected chi connectivity index (χ1v) is 8.79. The Hall–Kier alpha value is -2.98. The highest BCUT2D eigenvalue weighted by atomic mass is 35.5. The smallest absolute Gasteiger partial charge is 0.140 e. The number of hydrogen-bond acceptors (Lipinski definition) is 3. The van der Waals surface area contributed by atoms with Crippen molar-refractivity contribution < 1.29 is 5.11 Å². The van der Waals surface area contributed by atoms with Gasteiger partial charge in [0.15, 0.2) is 0 Å². The van der Waals surface area contributed by atoms with Crippen LogP contribution in [0.15, 0.2) is 60.9 Å². The summed E-state index contributed by atoms with van der Waals surface area (Å²) in [6.45, 7) is 0. The summed E-state index contributed by atoms with van der Waals surface area (Å²) >= 11 is 6.49. The fraction of sp³-hybridized carbons (Fsp3) is 0.0952. The van der Waals surface area contributed by atoms with E-state index in [2.05, 4.69) is 34.7 Å². The first kappa shape index (κ1) is 15.3. The highest BCUT2D eigenvalue weighted by Gasteiger charge is 2.28. The van der Waals surface area contributed by atoms with Gasteiger partial charge in [-0.15, -0.1) is 0 Å². The van der Waals surface area contributed by atoms with Crippen molar-refractivity contribution >= 4 is 28.3 Å². The number of aryl methyl sites for hydroxylation is 1. The number of anilines is 1. The van der Waals surface area contributed by atoms with E-state index >= 15 is 0 Å². The van der Waals surface area contributed by atoms with Crippen molar-refractivity contribution in [1.82, 2.24) is 9.55 Å². The summed E-state index contributed by atoms with van der Waals surface area (Å²) in [4.78, 5) is 4.59. The van der Waals surface area contributed by atoms with E-state index in [-0.39, 0.29) is 11.8 Å². The van der Waals surface area contributed by atoms with E-state index in [1.54, 1.807) is 12.1 Å². The number of rotatable bonds is 1. The summed E-state index contributed by atoms with van der Waals surface area (Å²) in [5.41, 5.74) is 6.33. The van der Waals surface area contributed by atoms with Crippen LogP contribution < -0.4 is 5.32 Å². The zero-order valence-corrected chi connectivity index (χ0v) is 14.8. The monoisotopic (exact) mass is 361 g/mol. The molecular formula is C21H16ClN3O. The van der Waals surface area contributed by atoms with Crippen LogP contribution in [-0.4, -0.2) is 14.7 Å². The molecule has 0 bridgehead atoms. The minimum atomic E-state index is -0.140. The van der Waals surface area contributed by atoms with E-state index in [1.165, 1.54) is 0 Å². The second-order valence-corrected chi connectivity index (χ2v) is 6.99. The number of phenolic OH excluding ortho intramolecular Hbond substituents is 1. The summed E-state index contributed by atoms with van der Waals surface area (Å²) in [6, 6.07) is 15.3. The van der Waals surface area contributed by atoms with Gasteiger partial charge in [-0.1, -0.05) is 35.9 Å². The predicted octanol–water partition coefficient (Wildman–Crippen LogP) is 5.11. The molecule has 0 amide bonds. The van der Waals surface area contributed by atoms with E-state index < -0.39 is 0 Å². The summed E-state index contributed by atoms with van der Waals surface area (Å²) in [6.07, 6.45) is 3.96. The molecule has 26 heavy (non-hydrogen) atoms. The Morgan fingerprint density at radius 3 is 2.77 bits per heavy atom. The van der Waals surface area contributed by atoms with Gasteiger partial charge in [-0.2, -0.15) is 0 Å². The molecule has 0 radical (unpaired) electrons. The lowest BCUT2D eigenvalue weighted by Crippen LogP contribution is -2.12. The van der Waals surface area contributed by atoms with Crippen LogP contribution in [-0.2, 0) is 7.05 Å². The Morgan fingerprint density at radius 1 is 1.08 bits per heavy atom. The Bertz CT molecular complexity index is 1170. The summed E-state index contributed by atoms with van der Waals surface area (Å²) < 4.78 is 2.05. The average Bonchev–Trinajstić information content (AvgIpc) is 2.90. The van der Waals surface area contributed by atoms with Gasteiger partial charge in [0.1, 0.15) is 11.4 Å². The maximum Gasteiger partial charge on any atom is 0.140 e. The van der Waals surface area contributed by atoms with Gasteiger partial charge in [0.05, 0.1) is 6.04 Å². The van der Waals surface area contributed by atoms with Gasteiger partial charge in [0.2, 0.25) is 0 Å². The van der Waals surface area contributed by atoms with Crippen LogP contribution in [0.1, 0.15) is 17.2 Å². The third-order valence-electron chi connectivity index (χ3n) is 5.01. The third-order valence-corrected chi connectivity index (χ3v) is 5.34. The molecule has 0 fully saturated rings. The SMILES string of the molecule is Cn1cc2c3c(ccnc31)-c1ccccc1NC2c1ccc(O)cc1Cl. The first-order valence-electron chi connectivity index (χ1n) is 8.42. The molecule has 2 N–H and O–H groups in total. The minimum absolute atomic E-state index is 0.140. The number of halogens is 1. The maximum absolute atomic E-state index is 9.74. The molecule has 0 aliphatic carbocycles. The number of pyridine rings is 1. The minimum Gasteiger partial charge on any atom is -0.508 e. The molecule has 128 valence electrons. The van der Waals surface area contributed by atoms with E-state index in [9.17, 15) is 5.11 Å². The van der Waals surface area contributed by atoms with Gasteiger partial charge < -0.3 is 15.0 Å². The molecule has 3 heterocycles. The molecule has 1 aliphatic rings. The van der Waals surface area contributed by atoms with Gasteiger partial charge in [-0.3, -0.25) is 0 Å². The highest BCUT2D eigenvalue weighted by Crippen LogP contribution is 2.45. The normalized spacial score (nSPS) is 15.4. The van der Waals surface area contributed by atoms with Gasteiger partial charge in [0, 0.05) is 46.7 Å². The van der Waals surface area contributed by atoms with Crippen LogP contribution in [0.4, 0.5) is 5.69 Å². The van der Waals surface area contributed by atoms with Crippen molar-refractivity contribution in [1.29, 1.82) is 0 Å². The van der Waals surface area contributed by atoms with Crippen LogP contribution in [0.3, 0.4) is 0 Å². The maximum atomic E-state index is 9.74. The first-order chi connectivity index (χ1) is 12.6. The Kier molecular flexibility index (Phi) is 3.24. The van der Waals surface area contributed by atoms with Crippen molar-refractivity contribution in [3.05, 3.63) is 77.1 Å². The molecule has 2 aromatic heterocycles. The van der Waals surface area contributed by atoms with Crippen molar-refractivity contribution in [2.75, 3.05) is 5.32 Å². The molecule has 1 aliphatic heterocycles. The standard InChI is InChI=1S/C21H16ClN3O/c1-25-11-16-19-14(8-9-23-21(19)25)13-4-2-3-5-18(13)24-20(16)15-7-6-12(26)10-17(15)22/h2-11,20,24,26H,1H3. The van der Waals surface area contributed by atoms with Crippen LogP contribution in [0.5, 0.6) is 5.75 Å². The number of hydrogen-bond donors (Lipinski definition) is 2. The molecule has 5 heteroatoms. The van der Waals surface area contributed by atoms with Crippen molar-refractivity contribution in [2.24, 2.45) is 7.05 Å². The van der Waals surface area contributed by atoms with Crippen LogP contribution in [0, 0.1) is 0 Å². The molecular weight excluding hydrogens is 346 g/mol. The zero-order valence-electron chi connectivity index (χ0n) is 14.1. The van der Waals surface area contributed by atoms with Crippen LogP contribution >= 0.6 is 11.6 Å². The summed E-state index contributed by atoms with van der Waals surface area (Å²) in [5.74, 6) is 0.160. The average molecular weight is 362 g/mol. The Morgan fingerprint density at radius 2 is 1.92 bits per heavy atom. The van der Waals surface area contributed by atoms with Gasteiger partial charge >= 0.3 is 0 Å². The largest absolute Gasteiger partial charge is 0.508 e. The lowest BCUT2D eigenvalue weighted by molar-refractivity contribution is 0.475. The topological polar surface area (TPSA) is 50.1 Å². The van der Waals surface area contributed by atoms with Crippen molar-refractivity contribution in [2.45, 2.75) is 6.04 Å². The van der Waals surface area contributed by atoms with Gasteiger partial charge in [0.25, 0.3) is 0 Å². The van der Waals surface area contributed by atoms with E-state index in [0.717, 1.165) is 39.0 Å². The van der Waals surface area contributed by atoms with E-state index in [4.69, 9.17) is 11.6 Å². The lowest BCUT2D eigenvalue weighted by atomic mass is 9.97. The molecule has 0 spiro atoms. The fourth-order valence-electron chi connectivity index (χ4n) is 3.85. The number of benzene rings is 2. The summed E-state index contributed by atoms with van der Waals surface area (Å²) in [7, 11) is 2.01. The molecule has 5 rings (SSSR count). The van der Waals surface area contributed by atoms with Crippen molar-refractivity contribution in [3.63, 3.8) is 0 Å². The Labute approximate surface area is 155 Å². The molecule has 4 nitrogen and oxygen atoms in total. The number of aromatic hydroxyl groups is 1. The van der Waals surface area contributed by atoms with E-state index in [0.29, 0.717) is 5.02 Å². The molecule has 2 aromatic carbocycles.